The number of aliphatic hydroxyl groups is 1. The van der Waals surface area contributed by atoms with E-state index >= 15 is 0 Å². The molecule has 1 atom stereocenters. The summed E-state index contributed by atoms with van der Waals surface area (Å²) in [7, 11) is 1.71. The Balaban J connectivity index is 1.77. The monoisotopic (exact) mass is 263 g/mol. The second kappa shape index (κ2) is 7.04. The smallest absolute Gasteiger partial charge is 0.0616 e. The molecule has 1 aliphatic rings. The first-order valence-electron chi connectivity index (χ1n) is 7.15. The highest BCUT2D eigenvalue weighted by Crippen LogP contribution is 2.37. The Bertz CT molecular complexity index is 365. The van der Waals surface area contributed by atoms with Crippen LogP contribution in [0.5, 0.6) is 0 Å². The van der Waals surface area contributed by atoms with Crippen LogP contribution in [-0.2, 0) is 4.74 Å². The number of benzene rings is 1. The fourth-order valence-electron chi connectivity index (χ4n) is 2.77. The molecule has 1 unspecified atom stereocenters. The molecule has 106 valence electrons. The third-order valence-corrected chi connectivity index (χ3v) is 4.00. The van der Waals surface area contributed by atoms with Crippen molar-refractivity contribution in [1.82, 2.24) is 5.32 Å². The summed E-state index contributed by atoms with van der Waals surface area (Å²) in [4.78, 5) is 0. The van der Waals surface area contributed by atoms with Crippen LogP contribution >= 0.6 is 0 Å². The first-order valence-corrected chi connectivity index (χ1v) is 7.15. The van der Waals surface area contributed by atoms with Gasteiger partial charge in [0, 0.05) is 25.8 Å². The lowest BCUT2D eigenvalue weighted by atomic mass is 9.75. The molecule has 3 heteroatoms. The minimum Gasteiger partial charge on any atom is -0.396 e. The first-order chi connectivity index (χ1) is 9.22. The highest BCUT2D eigenvalue weighted by Gasteiger charge is 2.31. The number of aliphatic hydroxyl groups excluding tert-OH is 1. The van der Waals surface area contributed by atoms with Crippen LogP contribution < -0.4 is 5.32 Å². The van der Waals surface area contributed by atoms with Crippen molar-refractivity contribution in [3.8, 4) is 0 Å². The number of rotatable bonds is 7. The Morgan fingerprint density at radius 2 is 2.00 bits per heavy atom. The predicted octanol–water partition coefficient (Wildman–Crippen LogP) is 2.23. The molecule has 2 N–H and O–H groups in total. The van der Waals surface area contributed by atoms with Gasteiger partial charge in [0.2, 0.25) is 0 Å². The molecule has 0 radical (unpaired) electrons. The quantitative estimate of drug-likeness (QED) is 0.792. The molecule has 0 bridgehead atoms. The van der Waals surface area contributed by atoms with Gasteiger partial charge in [-0.1, -0.05) is 29.8 Å². The van der Waals surface area contributed by atoms with E-state index in [1.807, 2.05) is 0 Å². The summed E-state index contributed by atoms with van der Waals surface area (Å²) in [5.74, 6) is 0.690. The number of hydrogen-bond acceptors (Lipinski definition) is 3. The summed E-state index contributed by atoms with van der Waals surface area (Å²) >= 11 is 0. The second-order valence-corrected chi connectivity index (χ2v) is 5.61. The van der Waals surface area contributed by atoms with Gasteiger partial charge in [-0.15, -0.1) is 0 Å². The van der Waals surface area contributed by atoms with Crippen LogP contribution in [0.1, 0.15) is 36.3 Å². The van der Waals surface area contributed by atoms with E-state index in [0.717, 1.165) is 6.42 Å². The number of aryl methyl sites for hydroxylation is 1. The van der Waals surface area contributed by atoms with Crippen molar-refractivity contribution in [2.75, 3.05) is 20.3 Å². The van der Waals surface area contributed by atoms with E-state index in [9.17, 15) is 0 Å². The summed E-state index contributed by atoms with van der Waals surface area (Å²) in [5, 5.41) is 12.6. The zero-order valence-electron chi connectivity index (χ0n) is 11.9. The lowest BCUT2D eigenvalue weighted by Gasteiger charge is -2.38. The van der Waals surface area contributed by atoms with Crippen molar-refractivity contribution in [2.45, 2.75) is 44.2 Å². The maximum Gasteiger partial charge on any atom is 0.0616 e. The molecule has 0 heterocycles. The molecule has 0 amide bonds. The van der Waals surface area contributed by atoms with Crippen molar-refractivity contribution >= 4 is 0 Å². The van der Waals surface area contributed by atoms with Crippen LogP contribution in [0.3, 0.4) is 0 Å². The van der Waals surface area contributed by atoms with Gasteiger partial charge in [0.15, 0.2) is 0 Å². The molecule has 1 aromatic rings. The van der Waals surface area contributed by atoms with Crippen molar-refractivity contribution in [1.29, 1.82) is 0 Å². The van der Waals surface area contributed by atoms with Crippen molar-refractivity contribution in [3.63, 3.8) is 0 Å². The van der Waals surface area contributed by atoms with Gasteiger partial charge in [-0.25, -0.2) is 0 Å². The van der Waals surface area contributed by atoms with E-state index in [0.29, 0.717) is 18.6 Å². The van der Waals surface area contributed by atoms with Gasteiger partial charge in [0.05, 0.1) is 6.61 Å². The largest absolute Gasteiger partial charge is 0.396 e. The third kappa shape index (κ3) is 4.03. The zero-order valence-corrected chi connectivity index (χ0v) is 11.9. The summed E-state index contributed by atoms with van der Waals surface area (Å²) in [6.07, 6.45) is 3.14. The summed E-state index contributed by atoms with van der Waals surface area (Å²) < 4.78 is 5.18. The standard InChI is InChI=1S/C16H25NO2/c1-12-3-5-13(6-4-12)14-9-16(10-14)17-15(7-8-18)11-19-2/h3-6,14-18H,7-11H2,1-2H3. The molecule has 1 aliphatic carbocycles. The van der Waals surface area contributed by atoms with Gasteiger partial charge in [-0.05, 0) is 37.7 Å². The maximum absolute atomic E-state index is 9.03. The molecule has 19 heavy (non-hydrogen) atoms. The Labute approximate surface area is 116 Å². The lowest BCUT2D eigenvalue weighted by Crippen LogP contribution is -2.47. The molecule has 1 aromatic carbocycles. The Morgan fingerprint density at radius 1 is 1.32 bits per heavy atom. The van der Waals surface area contributed by atoms with E-state index < -0.39 is 0 Å². The number of ether oxygens (including phenoxy) is 1. The topological polar surface area (TPSA) is 41.5 Å². The van der Waals surface area contributed by atoms with E-state index in [-0.39, 0.29) is 12.6 Å². The number of nitrogens with one attached hydrogen (secondary N) is 1. The molecule has 1 saturated carbocycles. The van der Waals surface area contributed by atoms with Crippen LogP contribution in [0.15, 0.2) is 24.3 Å². The van der Waals surface area contributed by atoms with E-state index in [2.05, 4.69) is 36.5 Å². The van der Waals surface area contributed by atoms with E-state index in [4.69, 9.17) is 9.84 Å². The predicted molar refractivity (Wildman–Crippen MR) is 77.4 cm³/mol. The van der Waals surface area contributed by atoms with Gasteiger partial charge in [-0.3, -0.25) is 0 Å². The van der Waals surface area contributed by atoms with Gasteiger partial charge >= 0.3 is 0 Å². The van der Waals surface area contributed by atoms with Crippen LogP contribution in [0.4, 0.5) is 0 Å². The number of hydrogen-bond donors (Lipinski definition) is 2. The fourth-order valence-corrected chi connectivity index (χ4v) is 2.77. The number of methoxy groups -OCH3 is 1. The molecule has 0 spiro atoms. The lowest BCUT2D eigenvalue weighted by molar-refractivity contribution is 0.129. The molecule has 0 aliphatic heterocycles. The normalized spacial score (nSPS) is 23.9. The Kier molecular flexibility index (Phi) is 5.37. The molecule has 2 rings (SSSR count). The SMILES string of the molecule is COCC(CCO)NC1CC(c2ccc(C)cc2)C1. The van der Waals surface area contributed by atoms with Gasteiger partial charge in [0.1, 0.15) is 0 Å². The summed E-state index contributed by atoms with van der Waals surface area (Å²) in [5.41, 5.74) is 2.77. The Hall–Kier alpha value is -0.900. The molecule has 0 saturated heterocycles. The minimum absolute atomic E-state index is 0.217. The maximum atomic E-state index is 9.03. The average Bonchev–Trinajstić information content (AvgIpc) is 2.35. The molecule has 1 fully saturated rings. The fraction of sp³-hybridized carbons (Fsp3) is 0.625. The molecule has 3 nitrogen and oxygen atoms in total. The van der Waals surface area contributed by atoms with Crippen LogP contribution in [0, 0.1) is 6.92 Å². The van der Waals surface area contributed by atoms with Crippen molar-refractivity contribution in [3.05, 3.63) is 35.4 Å². The molecular formula is C16H25NO2. The summed E-state index contributed by atoms with van der Waals surface area (Å²) in [6.45, 7) is 3.01. The third-order valence-electron chi connectivity index (χ3n) is 4.00. The van der Waals surface area contributed by atoms with E-state index in [1.54, 1.807) is 7.11 Å². The van der Waals surface area contributed by atoms with Crippen molar-refractivity contribution < 1.29 is 9.84 Å². The minimum atomic E-state index is 0.217. The summed E-state index contributed by atoms with van der Waals surface area (Å²) in [6, 6.07) is 9.72. The van der Waals surface area contributed by atoms with Crippen LogP contribution in [-0.4, -0.2) is 37.5 Å². The van der Waals surface area contributed by atoms with Crippen LogP contribution in [0.2, 0.25) is 0 Å². The second-order valence-electron chi connectivity index (χ2n) is 5.61. The molecule has 0 aromatic heterocycles. The highest BCUT2D eigenvalue weighted by atomic mass is 16.5. The van der Waals surface area contributed by atoms with Crippen molar-refractivity contribution in [2.24, 2.45) is 0 Å². The molecular weight excluding hydrogens is 238 g/mol. The zero-order chi connectivity index (χ0) is 13.7. The van der Waals surface area contributed by atoms with Gasteiger partial charge in [-0.2, -0.15) is 0 Å². The average molecular weight is 263 g/mol. The van der Waals surface area contributed by atoms with Gasteiger partial charge < -0.3 is 15.2 Å². The van der Waals surface area contributed by atoms with Gasteiger partial charge in [0.25, 0.3) is 0 Å². The van der Waals surface area contributed by atoms with Crippen LogP contribution in [0.25, 0.3) is 0 Å². The Morgan fingerprint density at radius 3 is 2.58 bits per heavy atom. The van der Waals surface area contributed by atoms with E-state index in [1.165, 1.54) is 24.0 Å². The highest BCUT2D eigenvalue weighted by molar-refractivity contribution is 5.26. The first kappa shape index (κ1) is 14.5.